The zero-order chi connectivity index (χ0) is 15.6. The summed E-state index contributed by atoms with van der Waals surface area (Å²) in [5, 5.41) is 10.3. The van der Waals surface area contributed by atoms with Crippen LogP contribution in [0.15, 0.2) is 5.03 Å². The molecule has 0 amide bonds. The molecule has 1 fully saturated rings. The van der Waals surface area contributed by atoms with E-state index in [4.69, 9.17) is 0 Å². The van der Waals surface area contributed by atoms with Gasteiger partial charge in [0.2, 0.25) is 0 Å². The van der Waals surface area contributed by atoms with Crippen molar-refractivity contribution in [3.63, 3.8) is 0 Å². The molecular weight excluding hydrogens is 308 g/mol. The van der Waals surface area contributed by atoms with E-state index in [9.17, 15) is 8.42 Å². The van der Waals surface area contributed by atoms with Crippen molar-refractivity contribution in [1.29, 1.82) is 0 Å². The van der Waals surface area contributed by atoms with Crippen molar-refractivity contribution in [2.75, 3.05) is 18.1 Å². The lowest BCUT2D eigenvalue weighted by atomic mass is 10.2. The maximum Gasteiger partial charge on any atom is 0.263 e. The van der Waals surface area contributed by atoms with Crippen molar-refractivity contribution >= 4 is 21.8 Å². The van der Waals surface area contributed by atoms with Crippen LogP contribution in [0.4, 0.5) is 0 Å². The number of aryl methyl sites for hydroxylation is 1. The number of aromatic amines is 1. The summed E-state index contributed by atoms with van der Waals surface area (Å²) in [4.78, 5) is 0. The average molecular weight is 332 g/mol. The minimum absolute atomic E-state index is 0.0108. The lowest BCUT2D eigenvalue weighted by Gasteiger charge is -2.31. The first-order valence-corrected chi connectivity index (χ1v) is 9.80. The topological polar surface area (TPSA) is 78.1 Å². The van der Waals surface area contributed by atoms with E-state index < -0.39 is 10.0 Å². The van der Waals surface area contributed by atoms with Gasteiger partial charge in [0.25, 0.3) is 10.0 Å². The molecular formula is C13H24N4O2S2. The van der Waals surface area contributed by atoms with Gasteiger partial charge in [0.1, 0.15) is 0 Å². The van der Waals surface area contributed by atoms with E-state index in [1.54, 1.807) is 16.1 Å². The maximum atomic E-state index is 12.9. The van der Waals surface area contributed by atoms with Crippen molar-refractivity contribution in [2.45, 2.75) is 51.3 Å². The average Bonchev–Trinajstić information content (AvgIpc) is 2.78. The van der Waals surface area contributed by atoms with Gasteiger partial charge in [-0.25, -0.2) is 8.42 Å². The lowest BCUT2D eigenvalue weighted by molar-refractivity contribution is 0.365. The standard InChI is InChI=1S/C13H24N4O2S2/c1-9(2)14-7-12-11(4)15-16-13(12)21(18,19)17-5-6-20-8-10(17)3/h9-10,14H,5-8H2,1-4H3,(H,15,16). The molecule has 1 atom stereocenters. The Morgan fingerprint density at radius 1 is 1.52 bits per heavy atom. The zero-order valence-electron chi connectivity index (χ0n) is 13.0. The number of hydrogen-bond donors (Lipinski definition) is 2. The Morgan fingerprint density at radius 2 is 2.24 bits per heavy atom. The summed E-state index contributed by atoms with van der Waals surface area (Å²) in [6, 6.07) is 0.303. The maximum absolute atomic E-state index is 12.9. The smallest absolute Gasteiger partial charge is 0.263 e. The van der Waals surface area contributed by atoms with E-state index >= 15 is 0 Å². The van der Waals surface area contributed by atoms with E-state index in [-0.39, 0.29) is 11.1 Å². The minimum Gasteiger partial charge on any atom is -0.310 e. The number of hydrogen-bond acceptors (Lipinski definition) is 5. The Labute approximate surface area is 131 Å². The van der Waals surface area contributed by atoms with Crippen LogP contribution < -0.4 is 5.32 Å². The normalized spacial score (nSPS) is 21.1. The van der Waals surface area contributed by atoms with Gasteiger partial charge in [-0.15, -0.1) is 0 Å². The van der Waals surface area contributed by atoms with Crippen LogP contribution in [0.2, 0.25) is 0 Å². The molecule has 2 N–H and O–H groups in total. The van der Waals surface area contributed by atoms with Gasteiger partial charge in [0.05, 0.1) is 0 Å². The van der Waals surface area contributed by atoms with E-state index in [1.807, 2.05) is 27.7 Å². The predicted molar refractivity (Wildman–Crippen MR) is 86.0 cm³/mol. The summed E-state index contributed by atoms with van der Waals surface area (Å²) in [6.07, 6.45) is 0. The van der Waals surface area contributed by atoms with Crippen LogP contribution in [-0.4, -0.2) is 53.1 Å². The molecule has 1 unspecified atom stereocenters. The highest BCUT2D eigenvalue weighted by atomic mass is 32.2. The van der Waals surface area contributed by atoms with E-state index in [2.05, 4.69) is 15.5 Å². The number of H-pyrrole nitrogens is 1. The van der Waals surface area contributed by atoms with Crippen LogP contribution in [0.5, 0.6) is 0 Å². The monoisotopic (exact) mass is 332 g/mol. The molecule has 1 aliphatic rings. The van der Waals surface area contributed by atoms with E-state index in [0.29, 0.717) is 19.1 Å². The lowest BCUT2D eigenvalue weighted by Crippen LogP contribution is -2.44. The van der Waals surface area contributed by atoms with Crippen molar-refractivity contribution < 1.29 is 8.42 Å². The second-order valence-corrected chi connectivity index (χ2v) is 8.66. The second kappa shape index (κ2) is 6.68. The molecule has 0 bridgehead atoms. The van der Waals surface area contributed by atoms with Crippen LogP contribution in [0, 0.1) is 6.92 Å². The van der Waals surface area contributed by atoms with Gasteiger partial charge in [0.15, 0.2) is 5.03 Å². The SMILES string of the molecule is Cc1[nH]nc(S(=O)(=O)N2CCSCC2C)c1CNC(C)C. The summed E-state index contributed by atoms with van der Waals surface area (Å²) in [5.74, 6) is 1.68. The third-order valence-corrected chi connectivity index (χ3v) is 6.76. The van der Waals surface area contributed by atoms with Crippen molar-refractivity contribution in [3.05, 3.63) is 11.3 Å². The number of aromatic nitrogens is 2. The summed E-state index contributed by atoms with van der Waals surface area (Å²) in [6.45, 7) is 8.94. The van der Waals surface area contributed by atoms with E-state index in [1.165, 1.54) is 0 Å². The zero-order valence-corrected chi connectivity index (χ0v) is 14.6. The van der Waals surface area contributed by atoms with Crippen LogP contribution in [0.25, 0.3) is 0 Å². The fourth-order valence-corrected chi connectivity index (χ4v) is 5.36. The summed E-state index contributed by atoms with van der Waals surface area (Å²) < 4.78 is 27.3. The summed E-state index contributed by atoms with van der Waals surface area (Å²) in [7, 11) is -3.53. The van der Waals surface area contributed by atoms with Gasteiger partial charge in [-0.05, 0) is 13.8 Å². The molecule has 1 saturated heterocycles. The summed E-state index contributed by atoms with van der Waals surface area (Å²) in [5.41, 5.74) is 1.55. The van der Waals surface area contributed by atoms with Gasteiger partial charge >= 0.3 is 0 Å². The molecule has 0 aliphatic carbocycles. The first-order chi connectivity index (χ1) is 9.84. The molecule has 1 aliphatic heterocycles. The second-order valence-electron chi connectivity index (χ2n) is 5.71. The number of sulfonamides is 1. The first-order valence-electron chi connectivity index (χ1n) is 7.21. The Kier molecular flexibility index (Phi) is 5.34. The molecule has 0 spiro atoms. The molecule has 21 heavy (non-hydrogen) atoms. The quantitative estimate of drug-likeness (QED) is 0.851. The number of nitrogens with one attached hydrogen (secondary N) is 2. The Hall–Kier alpha value is -0.570. The summed E-state index contributed by atoms with van der Waals surface area (Å²) >= 11 is 1.79. The van der Waals surface area contributed by atoms with Gasteiger partial charge in [-0.2, -0.15) is 21.2 Å². The molecule has 0 radical (unpaired) electrons. The van der Waals surface area contributed by atoms with Gasteiger partial charge in [-0.3, -0.25) is 5.10 Å². The molecule has 0 aromatic carbocycles. The highest BCUT2D eigenvalue weighted by Gasteiger charge is 2.35. The van der Waals surface area contributed by atoms with Gasteiger partial charge < -0.3 is 5.32 Å². The Morgan fingerprint density at radius 3 is 2.86 bits per heavy atom. The van der Waals surface area contributed by atoms with Crippen LogP contribution in [0.1, 0.15) is 32.0 Å². The van der Waals surface area contributed by atoms with Crippen LogP contribution in [0.3, 0.4) is 0 Å². The molecule has 2 rings (SSSR count). The van der Waals surface area contributed by atoms with Gasteiger partial charge in [0, 0.05) is 47.9 Å². The van der Waals surface area contributed by atoms with Crippen LogP contribution in [-0.2, 0) is 16.6 Å². The van der Waals surface area contributed by atoms with Crippen molar-refractivity contribution in [1.82, 2.24) is 19.8 Å². The molecule has 2 heterocycles. The Balaban J connectivity index is 2.31. The largest absolute Gasteiger partial charge is 0.310 e. The first kappa shape index (κ1) is 16.8. The van der Waals surface area contributed by atoms with Crippen molar-refractivity contribution in [3.8, 4) is 0 Å². The van der Waals surface area contributed by atoms with E-state index in [0.717, 1.165) is 22.8 Å². The van der Waals surface area contributed by atoms with Crippen molar-refractivity contribution in [2.24, 2.45) is 0 Å². The fourth-order valence-electron chi connectivity index (χ4n) is 2.34. The van der Waals surface area contributed by atoms with Gasteiger partial charge in [-0.1, -0.05) is 13.8 Å². The molecule has 6 nitrogen and oxygen atoms in total. The predicted octanol–water partition coefficient (Wildman–Crippen LogP) is 1.34. The number of nitrogens with zero attached hydrogens (tertiary/aromatic N) is 2. The number of rotatable bonds is 5. The Bertz CT molecular complexity index is 583. The highest BCUT2D eigenvalue weighted by Crippen LogP contribution is 2.26. The third-order valence-electron chi connectivity index (χ3n) is 3.58. The molecule has 1 aromatic rings. The molecule has 120 valence electrons. The minimum atomic E-state index is -3.53. The molecule has 8 heteroatoms. The fraction of sp³-hybridized carbons (Fsp3) is 0.769. The molecule has 1 aromatic heterocycles. The highest BCUT2D eigenvalue weighted by molar-refractivity contribution is 7.99. The number of thioether (sulfide) groups is 1. The third kappa shape index (κ3) is 3.61. The molecule has 0 saturated carbocycles. The van der Waals surface area contributed by atoms with Crippen LogP contribution >= 0.6 is 11.8 Å².